The summed E-state index contributed by atoms with van der Waals surface area (Å²) in [6, 6.07) is 6.36. The van der Waals surface area contributed by atoms with E-state index in [0.717, 1.165) is 18.7 Å². The summed E-state index contributed by atoms with van der Waals surface area (Å²) in [4.78, 5) is 0. The van der Waals surface area contributed by atoms with Gasteiger partial charge in [0.1, 0.15) is 5.75 Å². The molecule has 0 amide bonds. The van der Waals surface area contributed by atoms with Crippen LogP contribution in [0.1, 0.15) is 37.9 Å². The molecule has 2 rings (SSSR count). The minimum Gasteiger partial charge on any atom is -0.497 e. The maximum absolute atomic E-state index is 12.5. The maximum Gasteiger partial charge on any atom is 0.119 e. The van der Waals surface area contributed by atoms with Crippen LogP contribution in [0.25, 0.3) is 0 Å². The van der Waals surface area contributed by atoms with E-state index in [4.69, 9.17) is 4.74 Å². The van der Waals surface area contributed by atoms with Crippen molar-refractivity contribution < 1.29 is 8.95 Å². The molecule has 1 aliphatic carbocycles. The first kappa shape index (κ1) is 14.5. The molecule has 0 bridgehead atoms. The number of hydrogen-bond acceptors (Lipinski definition) is 3. The van der Waals surface area contributed by atoms with Gasteiger partial charge in [-0.1, -0.05) is 26.8 Å². The van der Waals surface area contributed by atoms with Crippen LogP contribution in [-0.4, -0.2) is 28.4 Å². The zero-order valence-corrected chi connectivity index (χ0v) is 12.9. The highest BCUT2D eigenvalue weighted by Gasteiger charge is 2.36. The molecule has 0 heterocycles. The Morgan fingerprint density at radius 1 is 1.47 bits per heavy atom. The molecule has 3 unspecified atom stereocenters. The van der Waals surface area contributed by atoms with Gasteiger partial charge in [0, 0.05) is 22.1 Å². The third-order valence-corrected chi connectivity index (χ3v) is 5.63. The molecule has 0 saturated carbocycles. The molecule has 19 heavy (non-hydrogen) atoms. The van der Waals surface area contributed by atoms with Crippen LogP contribution in [0.3, 0.4) is 0 Å². The van der Waals surface area contributed by atoms with E-state index in [-0.39, 0.29) is 16.5 Å². The summed E-state index contributed by atoms with van der Waals surface area (Å²) in [6.07, 6.45) is 0.891. The molecule has 0 radical (unpaired) electrons. The van der Waals surface area contributed by atoms with Crippen LogP contribution in [0, 0.1) is 0 Å². The Kier molecular flexibility index (Phi) is 4.63. The summed E-state index contributed by atoms with van der Waals surface area (Å²) in [7, 11) is 0.866. The van der Waals surface area contributed by atoms with E-state index in [9.17, 15) is 4.21 Å². The summed E-state index contributed by atoms with van der Waals surface area (Å²) in [6.45, 7) is 7.03. The number of ether oxygens (including phenoxy) is 1. The van der Waals surface area contributed by atoms with Gasteiger partial charge in [0.2, 0.25) is 0 Å². The smallest absolute Gasteiger partial charge is 0.119 e. The molecule has 3 atom stereocenters. The van der Waals surface area contributed by atoms with Gasteiger partial charge in [0.25, 0.3) is 0 Å². The van der Waals surface area contributed by atoms with Gasteiger partial charge in [-0.3, -0.25) is 4.21 Å². The highest BCUT2D eigenvalue weighted by Crippen LogP contribution is 2.37. The van der Waals surface area contributed by atoms with Gasteiger partial charge in [0.05, 0.1) is 12.4 Å². The lowest BCUT2D eigenvalue weighted by atomic mass is 10.1. The van der Waals surface area contributed by atoms with Gasteiger partial charge in [-0.25, -0.2) is 0 Å². The van der Waals surface area contributed by atoms with Gasteiger partial charge in [-0.15, -0.1) is 0 Å². The molecule has 0 saturated heterocycles. The van der Waals surface area contributed by atoms with Crippen molar-refractivity contribution in [2.24, 2.45) is 0 Å². The van der Waals surface area contributed by atoms with Crippen molar-refractivity contribution in [1.82, 2.24) is 5.32 Å². The van der Waals surface area contributed by atoms with Crippen molar-refractivity contribution >= 4 is 10.8 Å². The van der Waals surface area contributed by atoms with Crippen LogP contribution in [0.2, 0.25) is 0 Å². The van der Waals surface area contributed by atoms with Gasteiger partial charge in [0.15, 0.2) is 0 Å². The molecule has 4 heteroatoms. The third kappa shape index (κ3) is 2.84. The van der Waals surface area contributed by atoms with E-state index < -0.39 is 10.8 Å². The molecule has 106 valence electrons. The van der Waals surface area contributed by atoms with E-state index in [1.165, 1.54) is 11.1 Å². The third-order valence-electron chi connectivity index (χ3n) is 3.67. The number of rotatable bonds is 5. The van der Waals surface area contributed by atoms with Crippen molar-refractivity contribution in [1.29, 1.82) is 0 Å². The SMILES string of the molecule is CCNC1c2cc(OC)ccc2CC1S(=O)C(C)C. The summed E-state index contributed by atoms with van der Waals surface area (Å²) in [5.74, 6) is 0.873. The fourth-order valence-electron chi connectivity index (χ4n) is 2.74. The molecule has 1 N–H and O–H groups in total. The average Bonchev–Trinajstić information content (AvgIpc) is 2.76. The summed E-state index contributed by atoms with van der Waals surface area (Å²) >= 11 is 0. The average molecular weight is 281 g/mol. The lowest BCUT2D eigenvalue weighted by Crippen LogP contribution is -2.34. The van der Waals surface area contributed by atoms with Crippen LogP contribution in [0.4, 0.5) is 0 Å². The lowest BCUT2D eigenvalue weighted by Gasteiger charge is -2.22. The molecule has 1 aromatic carbocycles. The Morgan fingerprint density at radius 3 is 2.79 bits per heavy atom. The van der Waals surface area contributed by atoms with E-state index in [0.29, 0.717) is 0 Å². The predicted octanol–water partition coefficient (Wildman–Crippen LogP) is 2.43. The Balaban J connectivity index is 2.34. The van der Waals surface area contributed by atoms with Crippen LogP contribution in [0.5, 0.6) is 5.75 Å². The first-order valence-electron chi connectivity index (χ1n) is 6.88. The van der Waals surface area contributed by atoms with Crippen LogP contribution in [-0.2, 0) is 17.2 Å². The van der Waals surface area contributed by atoms with Crippen molar-refractivity contribution in [2.45, 2.75) is 43.7 Å². The van der Waals surface area contributed by atoms with E-state index in [2.05, 4.69) is 24.4 Å². The number of nitrogens with one attached hydrogen (secondary N) is 1. The predicted molar refractivity (Wildman–Crippen MR) is 80.2 cm³/mol. The largest absolute Gasteiger partial charge is 0.497 e. The maximum atomic E-state index is 12.5. The van der Waals surface area contributed by atoms with E-state index >= 15 is 0 Å². The second-order valence-electron chi connectivity index (χ2n) is 5.22. The van der Waals surface area contributed by atoms with Gasteiger partial charge < -0.3 is 10.1 Å². The Morgan fingerprint density at radius 2 is 2.21 bits per heavy atom. The lowest BCUT2D eigenvalue weighted by molar-refractivity contribution is 0.413. The number of hydrogen-bond donors (Lipinski definition) is 1. The van der Waals surface area contributed by atoms with Crippen molar-refractivity contribution in [3.8, 4) is 5.75 Å². The number of benzene rings is 1. The minimum absolute atomic E-state index is 0.169. The highest BCUT2D eigenvalue weighted by molar-refractivity contribution is 7.86. The molecule has 1 aliphatic rings. The fraction of sp³-hybridized carbons (Fsp3) is 0.600. The molecule has 1 aromatic rings. The molecular weight excluding hydrogens is 258 g/mol. The number of fused-ring (bicyclic) bond motifs is 1. The van der Waals surface area contributed by atoms with Crippen LogP contribution in [0.15, 0.2) is 18.2 Å². The molecule has 0 spiro atoms. The molecular formula is C15H23NO2S. The standard InChI is InChI=1S/C15H23NO2S/c1-5-16-15-13-9-12(18-4)7-6-11(13)8-14(15)19(17)10(2)3/h6-7,9-10,14-16H,5,8H2,1-4H3. The quantitative estimate of drug-likeness (QED) is 0.901. The van der Waals surface area contributed by atoms with Crippen molar-refractivity contribution in [2.75, 3.05) is 13.7 Å². The van der Waals surface area contributed by atoms with Gasteiger partial charge in [-0.05, 0) is 36.2 Å². The topological polar surface area (TPSA) is 38.3 Å². The minimum atomic E-state index is -0.817. The molecule has 0 aliphatic heterocycles. The molecule has 3 nitrogen and oxygen atoms in total. The monoisotopic (exact) mass is 281 g/mol. The van der Waals surface area contributed by atoms with Crippen LogP contribution >= 0.6 is 0 Å². The Bertz CT molecular complexity index is 473. The Hall–Kier alpha value is -0.870. The molecule has 0 fully saturated rings. The van der Waals surface area contributed by atoms with Crippen LogP contribution < -0.4 is 10.1 Å². The van der Waals surface area contributed by atoms with Crippen molar-refractivity contribution in [3.63, 3.8) is 0 Å². The summed E-state index contributed by atoms with van der Waals surface area (Å²) in [5.41, 5.74) is 2.55. The summed E-state index contributed by atoms with van der Waals surface area (Å²) in [5, 5.41) is 3.85. The van der Waals surface area contributed by atoms with Gasteiger partial charge in [-0.2, -0.15) is 0 Å². The van der Waals surface area contributed by atoms with E-state index in [1.54, 1.807) is 7.11 Å². The highest BCUT2D eigenvalue weighted by atomic mass is 32.2. The van der Waals surface area contributed by atoms with E-state index in [1.807, 2.05) is 19.9 Å². The van der Waals surface area contributed by atoms with Crippen molar-refractivity contribution in [3.05, 3.63) is 29.3 Å². The second kappa shape index (κ2) is 6.06. The second-order valence-corrected chi connectivity index (χ2v) is 7.43. The summed E-state index contributed by atoms with van der Waals surface area (Å²) < 4.78 is 17.8. The first-order chi connectivity index (χ1) is 9.08. The van der Waals surface area contributed by atoms with Gasteiger partial charge >= 0.3 is 0 Å². The molecule has 0 aromatic heterocycles. The zero-order valence-electron chi connectivity index (χ0n) is 12.1. The number of methoxy groups -OCH3 is 1. The Labute approximate surface area is 118 Å². The normalized spacial score (nSPS) is 23.4. The zero-order chi connectivity index (χ0) is 14.0. The fourth-order valence-corrected chi connectivity index (χ4v) is 4.29. The first-order valence-corrected chi connectivity index (χ1v) is 8.15.